The summed E-state index contributed by atoms with van der Waals surface area (Å²) in [7, 11) is 0. The van der Waals surface area contributed by atoms with Crippen LogP contribution < -0.4 is 0 Å². The number of ether oxygens (including phenoxy) is 1. The van der Waals surface area contributed by atoms with Crippen molar-refractivity contribution in [2.45, 2.75) is 18.8 Å². The molecule has 1 atom stereocenters. The second kappa shape index (κ2) is 6.10. The average molecular weight is 311 g/mol. The number of halogens is 3. The number of nitrogens with one attached hydrogen (secondary N) is 1. The predicted molar refractivity (Wildman–Crippen MR) is 74.0 cm³/mol. The highest BCUT2D eigenvalue weighted by Gasteiger charge is 2.30. The van der Waals surface area contributed by atoms with Crippen molar-refractivity contribution in [3.63, 3.8) is 0 Å². The standard InChI is InChI=1S/C15H16F3N3O/c16-15(17,18)12-3-1-11(2-4-12)14-10-21(7-8-22-14)9-13-5-6-19-20-13/h1-6,14H,7-10H2,(H,19,20)/t14-/m0/s1. The minimum absolute atomic E-state index is 0.209. The third-order valence-corrected chi connectivity index (χ3v) is 3.71. The number of benzene rings is 1. The van der Waals surface area contributed by atoms with Crippen LogP contribution in [0.5, 0.6) is 0 Å². The molecule has 2 aromatic rings. The smallest absolute Gasteiger partial charge is 0.371 e. The number of alkyl halides is 3. The van der Waals surface area contributed by atoms with Gasteiger partial charge in [0.2, 0.25) is 0 Å². The molecule has 1 N–H and O–H groups in total. The first-order valence-corrected chi connectivity index (χ1v) is 7.02. The van der Waals surface area contributed by atoms with Crippen LogP contribution in [0.4, 0.5) is 13.2 Å². The second-order valence-corrected chi connectivity index (χ2v) is 5.30. The molecule has 1 aromatic carbocycles. The lowest BCUT2D eigenvalue weighted by Crippen LogP contribution is -2.37. The van der Waals surface area contributed by atoms with Crippen molar-refractivity contribution in [2.24, 2.45) is 0 Å². The summed E-state index contributed by atoms with van der Waals surface area (Å²) in [5, 5.41) is 6.81. The number of morpholine rings is 1. The molecular formula is C15H16F3N3O. The van der Waals surface area contributed by atoms with Gasteiger partial charge in [-0.3, -0.25) is 10.00 Å². The molecule has 2 heterocycles. The van der Waals surface area contributed by atoms with Gasteiger partial charge in [0.25, 0.3) is 0 Å². The fraction of sp³-hybridized carbons (Fsp3) is 0.400. The Labute approximate surface area is 125 Å². The Morgan fingerprint density at radius 3 is 2.64 bits per heavy atom. The largest absolute Gasteiger partial charge is 0.416 e. The fourth-order valence-electron chi connectivity index (χ4n) is 2.55. The summed E-state index contributed by atoms with van der Waals surface area (Å²) in [6.07, 6.45) is -2.82. The molecule has 1 aromatic heterocycles. The fourth-order valence-corrected chi connectivity index (χ4v) is 2.55. The lowest BCUT2D eigenvalue weighted by Gasteiger charge is -2.32. The van der Waals surface area contributed by atoms with Crippen molar-refractivity contribution in [1.82, 2.24) is 15.1 Å². The minimum atomic E-state index is -4.31. The number of hydrogen-bond donors (Lipinski definition) is 1. The van der Waals surface area contributed by atoms with Gasteiger partial charge < -0.3 is 4.74 Å². The summed E-state index contributed by atoms with van der Waals surface area (Å²) in [5.41, 5.74) is 1.14. The van der Waals surface area contributed by atoms with Crippen LogP contribution in [0.3, 0.4) is 0 Å². The zero-order chi connectivity index (χ0) is 15.6. The van der Waals surface area contributed by atoms with E-state index >= 15 is 0 Å². The van der Waals surface area contributed by atoms with Gasteiger partial charge in [0, 0.05) is 31.5 Å². The Bertz CT molecular complexity index is 595. The van der Waals surface area contributed by atoms with Crippen LogP contribution in [0, 0.1) is 0 Å². The third kappa shape index (κ3) is 3.48. The normalized spacial score (nSPS) is 20.2. The highest BCUT2D eigenvalue weighted by Crippen LogP contribution is 2.31. The van der Waals surface area contributed by atoms with Crippen molar-refractivity contribution in [2.75, 3.05) is 19.7 Å². The molecule has 3 rings (SSSR count). The van der Waals surface area contributed by atoms with E-state index in [2.05, 4.69) is 15.1 Å². The van der Waals surface area contributed by atoms with Gasteiger partial charge in [-0.2, -0.15) is 18.3 Å². The van der Waals surface area contributed by atoms with E-state index in [1.54, 1.807) is 6.20 Å². The number of hydrogen-bond acceptors (Lipinski definition) is 3. The van der Waals surface area contributed by atoms with Gasteiger partial charge in [0.1, 0.15) is 0 Å². The molecule has 0 amide bonds. The minimum Gasteiger partial charge on any atom is -0.371 e. The topological polar surface area (TPSA) is 41.2 Å². The van der Waals surface area contributed by atoms with Crippen LogP contribution >= 0.6 is 0 Å². The lowest BCUT2D eigenvalue weighted by atomic mass is 10.1. The Morgan fingerprint density at radius 1 is 1.23 bits per heavy atom. The maximum Gasteiger partial charge on any atom is 0.416 e. The first-order chi connectivity index (χ1) is 10.5. The van der Waals surface area contributed by atoms with Crippen LogP contribution in [-0.4, -0.2) is 34.8 Å². The van der Waals surface area contributed by atoms with E-state index in [0.717, 1.165) is 36.5 Å². The lowest BCUT2D eigenvalue weighted by molar-refractivity contribution is -0.137. The maximum absolute atomic E-state index is 12.6. The first kappa shape index (κ1) is 15.1. The predicted octanol–water partition coefficient (Wildman–Crippen LogP) is 3.00. The molecule has 118 valence electrons. The Balaban J connectivity index is 1.66. The van der Waals surface area contributed by atoms with Gasteiger partial charge >= 0.3 is 6.18 Å². The average Bonchev–Trinajstić information content (AvgIpc) is 3.00. The summed E-state index contributed by atoms with van der Waals surface area (Å²) < 4.78 is 43.5. The van der Waals surface area contributed by atoms with Crippen molar-refractivity contribution in [1.29, 1.82) is 0 Å². The van der Waals surface area contributed by atoms with Gasteiger partial charge in [-0.25, -0.2) is 0 Å². The third-order valence-electron chi connectivity index (χ3n) is 3.71. The number of H-pyrrole nitrogens is 1. The Hall–Kier alpha value is -1.86. The van der Waals surface area contributed by atoms with Gasteiger partial charge in [0.15, 0.2) is 0 Å². The second-order valence-electron chi connectivity index (χ2n) is 5.30. The number of nitrogens with zero attached hydrogens (tertiary/aromatic N) is 2. The summed E-state index contributed by atoms with van der Waals surface area (Å²) in [6.45, 7) is 2.71. The van der Waals surface area contributed by atoms with Crippen molar-refractivity contribution in [3.8, 4) is 0 Å². The summed E-state index contributed by atoms with van der Waals surface area (Å²) in [5.74, 6) is 0. The van der Waals surface area contributed by atoms with Crippen LogP contribution in [0.15, 0.2) is 36.5 Å². The first-order valence-electron chi connectivity index (χ1n) is 7.02. The molecule has 1 saturated heterocycles. The molecule has 1 aliphatic heterocycles. The maximum atomic E-state index is 12.6. The summed E-state index contributed by atoms with van der Waals surface area (Å²) in [4.78, 5) is 2.19. The van der Waals surface area contributed by atoms with E-state index in [0.29, 0.717) is 13.2 Å². The molecule has 0 bridgehead atoms. The van der Waals surface area contributed by atoms with E-state index in [1.165, 1.54) is 12.1 Å². The molecule has 22 heavy (non-hydrogen) atoms. The molecule has 1 aliphatic rings. The van der Waals surface area contributed by atoms with Crippen molar-refractivity contribution in [3.05, 3.63) is 53.3 Å². The SMILES string of the molecule is FC(F)(F)c1ccc([C@@H]2CN(Cc3ccn[nH]3)CCO2)cc1. The Kier molecular flexibility index (Phi) is 4.17. The highest BCUT2D eigenvalue weighted by atomic mass is 19.4. The van der Waals surface area contributed by atoms with Gasteiger partial charge in [-0.15, -0.1) is 0 Å². The molecule has 0 aliphatic carbocycles. The molecule has 0 spiro atoms. The van der Waals surface area contributed by atoms with E-state index in [4.69, 9.17) is 4.74 Å². The molecule has 7 heteroatoms. The molecule has 0 radical (unpaired) electrons. The molecule has 1 fully saturated rings. The van der Waals surface area contributed by atoms with Crippen molar-refractivity contribution >= 4 is 0 Å². The van der Waals surface area contributed by atoms with E-state index in [-0.39, 0.29) is 6.10 Å². The monoisotopic (exact) mass is 311 g/mol. The molecule has 0 unspecified atom stereocenters. The summed E-state index contributed by atoms with van der Waals surface area (Å²) in [6, 6.07) is 7.10. The quantitative estimate of drug-likeness (QED) is 0.947. The van der Waals surface area contributed by atoms with E-state index in [9.17, 15) is 13.2 Å². The van der Waals surface area contributed by atoms with Crippen LogP contribution in [0.25, 0.3) is 0 Å². The molecule has 4 nitrogen and oxygen atoms in total. The van der Waals surface area contributed by atoms with Crippen LogP contribution in [0.1, 0.15) is 22.9 Å². The van der Waals surface area contributed by atoms with Crippen LogP contribution in [0.2, 0.25) is 0 Å². The zero-order valence-electron chi connectivity index (χ0n) is 11.8. The highest BCUT2D eigenvalue weighted by molar-refractivity contribution is 5.26. The van der Waals surface area contributed by atoms with Gasteiger partial charge in [0.05, 0.1) is 18.3 Å². The zero-order valence-corrected chi connectivity index (χ0v) is 11.8. The van der Waals surface area contributed by atoms with Crippen LogP contribution in [-0.2, 0) is 17.5 Å². The van der Waals surface area contributed by atoms with E-state index in [1.807, 2.05) is 6.07 Å². The summed E-state index contributed by atoms with van der Waals surface area (Å²) >= 11 is 0. The number of rotatable bonds is 3. The van der Waals surface area contributed by atoms with E-state index < -0.39 is 11.7 Å². The van der Waals surface area contributed by atoms with Crippen molar-refractivity contribution < 1.29 is 17.9 Å². The number of aromatic nitrogens is 2. The van der Waals surface area contributed by atoms with Gasteiger partial charge in [-0.05, 0) is 23.8 Å². The molecule has 0 saturated carbocycles. The number of aromatic amines is 1. The Morgan fingerprint density at radius 2 is 2.00 bits per heavy atom. The molecular weight excluding hydrogens is 295 g/mol. The van der Waals surface area contributed by atoms with Gasteiger partial charge in [-0.1, -0.05) is 12.1 Å².